The molecule has 4 aliphatic rings. The Bertz CT molecular complexity index is 2080. The molecule has 4 fully saturated rings. The van der Waals surface area contributed by atoms with Crippen molar-refractivity contribution in [3.63, 3.8) is 0 Å². The van der Waals surface area contributed by atoms with Gasteiger partial charge in [0, 0.05) is 17.7 Å². The molecule has 0 saturated carbocycles. The van der Waals surface area contributed by atoms with Crippen molar-refractivity contribution >= 4 is 11.0 Å². The van der Waals surface area contributed by atoms with Gasteiger partial charge in [-0.15, -0.1) is 0 Å². The molecule has 4 saturated heterocycles. The highest BCUT2D eigenvalue weighted by atomic mass is 16.7. The normalized spacial score (nSPS) is 39.0. The molecular weight excluding hydrogens is 840 g/mol. The fourth-order valence-corrected chi connectivity index (χ4v) is 7.35. The molecule has 18 atom stereocenters. The van der Waals surface area contributed by atoms with Crippen LogP contribution < -0.4 is 19.6 Å². The summed E-state index contributed by atoms with van der Waals surface area (Å²) in [5, 5.41) is 136. The van der Waals surface area contributed by atoms with Gasteiger partial charge in [-0.3, -0.25) is 4.79 Å². The van der Waals surface area contributed by atoms with Crippen LogP contribution in [0.25, 0.3) is 22.3 Å². The number of methoxy groups -OCH3 is 1. The van der Waals surface area contributed by atoms with E-state index < -0.39 is 159 Å². The van der Waals surface area contributed by atoms with E-state index in [9.17, 15) is 71.2 Å². The summed E-state index contributed by atoms with van der Waals surface area (Å²) < 4.78 is 56.0. The zero-order valence-corrected chi connectivity index (χ0v) is 32.7. The summed E-state index contributed by atoms with van der Waals surface area (Å²) >= 11 is 0. The molecule has 62 heavy (non-hydrogen) atoms. The van der Waals surface area contributed by atoms with Gasteiger partial charge in [-0.05, 0) is 25.1 Å². The van der Waals surface area contributed by atoms with E-state index in [1.165, 1.54) is 32.2 Å². The van der Waals surface area contributed by atoms with Gasteiger partial charge in [0.2, 0.25) is 23.8 Å². The van der Waals surface area contributed by atoms with Crippen molar-refractivity contribution in [1.29, 1.82) is 0 Å². The number of ether oxygens (including phenoxy) is 9. The molecule has 5 heterocycles. The molecule has 24 nitrogen and oxygen atoms in total. The molecule has 1 aromatic heterocycles. The molecule has 13 N–H and O–H groups in total. The highest BCUT2D eigenvalue weighted by Gasteiger charge is 2.51. The first-order chi connectivity index (χ1) is 29.4. The van der Waals surface area contributed by atoms with Gasteiger partial charge in [-0.1, -0.05) is 0 Å². The van der Waals surface area contributed by atoms with E-state index >= 15 is 0 Å². The molecule has 0 amide bonds. The molecule has 7 rings (SSSR count). The maximum Gasteiger partial charge on any atom is 0.239 e. The summed E-state index contributed by atoms with van der Waals surface area (Å²) in [6.07, 6.45) is -29.7. The molecule has 2 aromatic carbocycles. The van der Waals surface area contributed by atoms with Crippen LogP contribution in [0.2, 0.25) is 0 Å². The summed E-state index contributed by atoms with van der Waals surface area (Å²) in [6, 6.07) is 5.76. The summed E-state index contributed by atoms with van der Waals surface area (Å²) in [5.74, 6) is -2.59. The number of hydrogen-bond acceptors (Lipinski definition) is 24. The van der Waals surface area contributed by atoms with Crippen LogP contribution >= 0.6 is 0 Å². The Kier molecular flexibility index (Phi) is 13.8. The second kappa shape index (κ2) is 18.6. The summed E-state index contributed by atoms with van der Waals surface area (Å²) in [4.78, 5) is 14.3. The van der Waals surface area contributed by atoms with Gasteiger partial charge in [-0.25, -0.2) is 0 Å². The predicted octanol–water partition coefficient (Wildman–Crippen LogP) is -4.81. The second-order valence-electron chi connectivity index (χ2n) is 15.1. The van der Waals surface area contributed by atoms with Gasteiger partial charge in [0.05, 0.1) is 33.0 Å². The molecule has 344 valence electrons. The van der Waals surface area contributed by atoms with Crippen molar-refractivity contribution in [2.24, 2.45) is 0 Å². The van der Waals surface area contributed by atoms with Crippen molar-refractivity contribution in [1.82, 2.24) is 0 Å². The number of aliphatic hydroxyl groups excluding tert-OH is 11. The van der Waals surface area contributed by atoms with Crippen molar-refractivity contribution in [2.75, 3.05) is 26.9 Å². The van der Waals surface area contributed by atoms with Crippen molar-refractivity contribution in [3.05, 3.63) is 40.6 Å². The lowest BCUT2D eigenvalue weighted by Gasteiger charge is -2.45. The quantitative estimate of drug-likeness (QED) is 0.0859. The summed E-state index contributed by atoms with van der Waals surface area (Å²) in [7, 11) is 1.25. The van der Waals surface area contributed by atoms with E-state index in [0.717, 1.165) is 12.1 Å². The first-order valence-electron chi connectivity index (χ1n) is 19.2. The number of phenolic OH excluding ortho intramolecular Hbond substituents is 2. The van der Waals surface area contributed by atoms with Crippen LogP contribution in [-0.2, 0) is 28.4 Å². The lowest BCUT2D eigenvalue weighted by Crippen LogP contribution is -2.64. The van der Waals surface area contributed by atoms with Gasteiger partial charge >= 0.3 is 0 Å². The fraction of sp³-hybridized carbons (Fsp3) is 0.605. The molecule has 0 aliphatic carbocycles. The number of fused-ring (bicyclic) bond motifs is 1. The largest absolute Gasteiger partial charge is 0.507 e. The lowest BCUT2D eigenvalue weighted by molar-refractivity contribution is -0.349. The first-order valence-corrected chi connectivity index (χ1v) is 19.2. The molecule has 3 aromatic rings. The molecule has 0 spiro atoms. The van der Waals surface area contributed by atoms with Crippen LogP contribution in [0.4, 0.5) is 0 Å². The van der Waals surface area contributed by atoms with Crippen LogP contribution in [-0.4, -0.2) is 204 Å². The third-order valence-corrected chi connectivity index (χ3v) is 11.0. The van der Waals surface area contributed by atoms with Gasteiger partial charge in [0.1, 0.15) is 102 Å². The third-order valence-electron chi connectivity index (χ3n) is 11.0. The van der Waals surface area contributed by atoms with Crippen molar-refractivity contribution in [3.8, 4) is 40.1 Å². The van der Waals surface area contributed by atoms with E-state index in [0.29, 0.717) is 0 Å². The molecule has 0 radical (unpaired) electrons. The maximum absolute atomic E-state index is 14.3. The van der Waals surface area contributed by atoms with Gasteiger partial charge < -0.3 is 113 Å². The standard InChI is InChI=1S/C38H48O24/c1-11-22(43)27(48)30(51)37(56-11)61-33-25(46)19(8-39)59-38(31(33)52)57-13-6-15(41)21-18(7-13)58-32(12-3-4-14(40)17(5-12)53-2)34(26(21)47)62-36-29(50)24(45)20(10-55-36)60-35-28(49)23(44)16(42)9-54-35/h3-7,11,16,19-20,22-25,27-31,33,35-46,48-52H,8-10H2,1-2H3/t11-,16+,19+,20+,22+,23-,24-,25+,27+,28+,29+,30-,31+,33-,35-,36-,37-,38+/m0/s1. The van der Waals surface area contributed by atoms with E-state index in [1.54, 1.807) is 0 Å². The Hall–Kier alpha value is -4.03. The zero-order valence-electron chi connectivity index (χ0n) is 32.7. The highest BCUT2D eigenvalue weighted by Crippen LogP contribution is 2.41. The van der Waals surface area contributed by atoms with Crippen LogP contribution in [0.3, 0.4) is 0 Å². The topological polar surface area (TPSA) is 376 Å². The number of hydrogen-bond donors (Lipinski definition) is 13. The Labute approximate surface area is 349 Å². The summed E-state index contributed by atoms with van der Waals surface area (Å²) in [6.45, 7) is -0.402. The molecule has 24 heteroatoms. The van der Waals surface area contributed by atoms with E-state index in [4.69, 9.17) is 47.0 Å². The number of aliphatic hydroxyl groups is 11. The number of rotatable bonds is 11. The number of aromatic hydroxyl groups is 2. The van der Waals surface area contributed by atoms with E-state index in [-0.39, 0.29) is 28.4 Å². The zero-order chi connectivity index (χ0) is 44.9. The SMILES string of the molecule is COc1cc(-c2oc3cc(O[C@@H]4O[C@H](CO)[C@@H](O)[C@H](O[C@@H]5O[C@@H](C)[C@@H](O)[C@@H](O)[C@@H]5O)[C@H]4O)cc(O)c3c(=O)c2O[C@@H]2OC[C@@H](O[C@@H]3OC[C@@H](O)[C@H](O)[C@H]3O)[C@H](O)[C@H]2O)ccc1O. The Balaban J connectivity index is 1.18. The molecular formula is C38H48O24. The maximum atomic E-state index is 14.3. The monoisotopic (exact) mass is 888 g/mol. The highest BCUT2D eigenvalue weighted by molar-refractivity contribution is 5.88. The van der Waals surface area contributed by atoms with E-state index in [1.807, 2.05) is 0 Å². The van der Waals surface area contributed by atoms with Gasteiger partial charge in [-0.2, -0.15) is 0 Å². The van der Waals surface area contributed by atoms with Crippen molar-refractivity contribution in [2.45, 2.75) is 118 Å². The van der Waals surface area contributed by atoms with Crippen LogP contribution in [0, 0.1) is 0 Å². The minimum absolute atomic E-state index is 0.0283. The fourth-order valence-electron chi connectivity index (χ4n) is 7.35. The average Bonchev–Trinajstić information content (AvgIpc) is 3.24. The Morgan fingerprint density at radius 2 is 1.37 bits per heavy atom. The predicted molar refractivity (Wildman–Crippen MR) is 198 cm³/mol. The van der Waals surface area contributed by atoms with Gasteiger partial charge in [0.25, 0.3) is 0 Å². The molecule has 0 unspecified atom stereocenters. The summed E-state index contributed by atoms with van der Waals surface area (Å²) in [5.41, 5.74) is -1.42. The van der Waals surface area contributed by atoms with Gasteiger partial charge in [0.15, 0.2) is 29.8 Å². The smallest absolute Gasteiger partial charge is 0.239 e. The van der Waals surface area contributed by atoms with E-state index in [2.05, 4.69) is 0 Å². The van der Waals surface area contributed by atoms with Crippen LogP contribution in [0.5, 0.6) is 28.7 Å². The molecule has 0 bridgehead atoms. The average molecular weight is 889 g/mol. The Morgan fingerprint density at radius 3 is 2.08 bits per heavy atom. The Morgan fingerprint density at radius 1 is 0.677 bits per heavy atom. The van der Waals surface area contributed by atoms with Crippen molar-refractivity contribution < 1.29 is 113 Å². The number of phenols is 2. The minimum Gasteiger partial charge on any atom is -0.507 e. The van der Waals surface area contributed by atoms with Crippen LogP contribution in [0.1, 0.15) is 6.92 Å². The first kappa shape index (κ1) is 46.0. The van der Waals surface area contributed by atoms with Crippen LogP contribution in [0.15, 0.2) is 39.5 Å². The second-order valence-corrected chi connectivity index (χ2v) is 15.1. The lowest BCUT2D eigenvalue weighted by atomic mass is 9.97. The third kappa shape index (κ3) is 8.76. The molecule has 4 aliphatic heterocycles. The minimum atomic E-state index is -1.96. The number of benzene rings is 2.